The Kier molecular flexibility index (Phi) is 3.79. The summed E-state index contributed by atoms with van der Waals surface area (Å²) in [6.07, 6.45) is -1.88. The van der Waals surface area contributed by atoms with Crippen LogP contribution in [-0.2, 0) is 4.74 Å². The quantitative estimate of drug-likeness (QED) is 0.599. The van der Waals surface area contributed by atoms with E-state index in [9.17, 15) is 8.78 Å². The van der Waals surface area contributed by atoms with Crippen molar-refractivity contribution in [1.29, 1.82) is 0 Å². The molecule has 0 saturated heterocycles. The Balaban J connectivity index is 3.46. The first-order valence-corrected chi connectivity index (χ1v) is 3.19. The maximum absolute atomic E-state index is 11.6. The normalized spacial score (nSPS) is 12.6. The summed E-state index contributed by atoms with van der Waals surface area (Å²) in [5, 5.41) is 0. The van der Waals surface area contributed by atoms with Crippen LogP contribution in [0.25, 0.3) is 0 Å². The molecule has 0 aromatic heterocycles. The van der Waals surface area contributed by atoms with Gasteiger partial charge in [-0.25, -0.2) is 8.78 Å². The molecular weight excluding hydrogens is 138 g/mol. The maximum Gasteiger partial charge on any atom is 0.261 e. The minimum absolute atomic E-state index is 0.498. The summed E-state index contributed by atoms with van der Waals surface area (Å²) >= 11 is 0. The maximum atomic E-state index is 11.6. The molecule has 0 fully saturated rings. The van der Waals surface area contributed by atoms with Crippen molar-refractivity contribution in [3.05, 3.63) is 6.92 Å². The van der Waals surface area contributed by atoms with E-state index in [-0.39, 0.29) is 0 Å². The molecule has 0 bridgehead atoms. The van der Waals surface area contributed by atoms with Gasteiger partial charge in [-0.15, -0.1) is 0 Å². The van der Waals surface area contributed by atoms with Gasteiger partial charge in [-0.2, -0.15) is 0 Å². The Morgan fingerprint density at radius 3 is 2.30 bits per heavy atom. The average molecular weight is 151 g/mol. The number of rotatable bonds is 4. The van der Waals surface area contributed by atoms with Gasteiger partial charge in [0, 0.05) is 0 Å². The van der Waals surface area contributed by atoms with Gasteiger partial charge >= 0.3 is 0 Å². The monoisotopic (exact) mass is 151 g/mol. The topological polar surface area (TPSA) is 9.23 Å². The zero-order valence-electron chi connectivity index (χ0n) is 6.36. The molecule has 0 aliphatic heterocycles. The highest BCUT2D eigenvalue weighted by Crippen LogP contribution is 2.13. The fourth-order valence-corrected chi connectivity index (χ4v) is 0.361. The van der Waals surface area contributed by atoms with Crippen LogP contribution in [0.4, 0.5) is 8.78 Å². The second-order valence-electron chi connectivity index (χ2n) is 2.71. The number of ether oxygens (including phenoxy) is 1. The summed E-state index contributed by atoms with van der Waals surface area (Å²) in [6, 6.07) is 0. The van der Waals surface area contributed by atoms with Gasteiger partial charge in [0.05, 0.1) is 5.60 Å². The van der Waals surface area contributed by atoms with Crippen LogP contribution in [-0.4, -0.2) is 18.6 Å². The van der Waals surface area contributed by atoms with E-state index in [1.165, 1.54) is 0 Å². The largest absolute Gasteiger partial charge is 0.370 e. The summed E-state index contributed by atoms with van der Waals surface area (Å²) in [5.74, 6) is 0. The van der Waals surface area contributed by atoms with Crippen molar-refractivity contribution in [3.63, 3.8) is 0 Å². The van der Waals surface area contributed by atoms with E-state index < -0.39 is 18.6 Å². The van der Waals surface area contributed by atoms with Crippen molar-refractivity contribution in [2.75, 3.05) is 6.61 Å². The van der Waals surface area contributed by atoms with Gasteiger partial charge < -0.3 is 4.74 Å². The first-order valence-electron chi connectivity index (χ1n) is 3.19. The third kappa shape index (κ3) is 4.68. The second-order valence-corrected chi connectivity index (χ2v) is 2.71. The third-order valence-corrected chi connectivity index (χ3v) is 1.20. The Labute approximate surface area is 60.4 Å². The molecule has 0 aromatic carbocycles. The van der Waals surface area contributed by atoms with E-state index in [4.69, 9.17) is 4.74 Å². The molecule has 0 unspecified atom stereocenters. The van der Waals surface area contributed by atoms with Crippen molar-refractivity contribution in [2.24, 2.45) is 0 Å². The zero-order chi connectivity index (χ0) is 8.20. The Morgan fingerprint density at radius 2 is 2.00 bits per heavy atom. The predicted molar refractivity (Wildman–Crippen MR) is 36.0 cm³/mol. The minimum Gasteiger partial charge on any atom is -0.370 e. The van der Waals surface area contributed by atoms with Gasteiger partial charge in [0.2, 0.25) is 0 Å². The van der Waals surface area contributed by atoms with Crippen LogP contribution in [0.5, 0.6) is 0 Å². The molecular formula is C7H13F2O. The Morgan fingerprint density at radius 1 is 1.50 bits per heavy atom. The SMILES string of the molecule is [CH2]CC(C)(C)OCC(F)F. The summed E-state index contributed by atoms with van der Waals surface area (Å²) in [5.41, 5.74) is -0.517. The molecule has 0 atom stereocenters. The van der Waals surface area contributed by atoms with Crippen LogP contribution in [0.15, 0.2) is 0 Å². The number of hydrogen-bond acceptors (Lipinski definition) is 1. The van der Waals surface area contributed by atoms with Gasteiger partial charge in [-0.1, -0.05) is 6.92 Å². The highest BCUT2D eigenvalue weighted by molar-refractivity contribution is 4.69. The van der Waals surface area contributed by atoms with Gasteiger partial charge in [0.15, 0.2) is 0 Å². The van der Waals surface area contributed by atoms with Crippen molar-refractivity contribution >= 4 is 0 Å². The van der Waals surface area contributed by atoms with E-state index in [1.54, 1.807) is 13.8 Å². The minimum atomic E-state index is -2.38. The number of hydrogen-bond donors (Lipinski definition) is 0. The molecule has 0 aromatic rings. The summed E-state index contributed by atoms with van der Waals surface area (Å²) in [7, 11) is 0. The molecule has 0 N–H and O–H groups in total. The van der Waals surface area contributed by atoms with E-state index in [0.717, 1.165) is 0 Å². The lowest BCUT2D eigenvalue weighted by atomic mass is 10.1. The van der Waals surface area contributed by atoms with Gasteiger partial charge in [0.25, 0.3) is 6.43 Å². The van der Waals surface area contributed by atoms with Crippen LogP contribution in [0, 0.1) is 6.92 Å². The summed E-state index contributed by atoms with van der Waals surface area (Å²) in [6.45, 7) is 6.54. The van der Waals surface area contributed by atoms with Crippen LogP contribution in [0.2, 0.25) is 0 Å². The van der Waals surface area contributed by atoms with Crippen LogP contribution >= 0.6 is 0 Å². The molecule has 10 heavy (non-hydrogen) atoms. The van der Waals surface area contributed by atoms with Crippen LogP contribution in [0.3, 0.4) is 0 Å². The summed E-state index contributed by atoms with van der Waals surface area (Å²) < 4.78 is 27.9. The Hall–Kier alpha value is -0.180. The van der Waals surface area contributed by atoms with Gasteiger partial charge in [0.1, 0.15) is 6.61 Å². The van der Waals surface area contributed by atoms with E-state index >= 15 is 0 Å². The van der Waals surface area contributed by atoms with Crippen LogP contribution < -0.4 is 0 Å². The Bertz CT molecular complexity index is 91.6. The average Bonchev–Trinajstić information content (AvgIpc) is 1.85. The van der Waals surface area contributed by atoms with Crippen molar-refractivity contribution in [2.45, 2.75) is 32.3 Å². The lowest BCUT2D eigenvalue weighted by Crippen LogP contribution is -2.25. The molecule has 0 amide bonds. The molecule has 61 valence electrons. The van der Waals surface area contributed by atoms with Crippen LogP contribution in [0.1, 0.15) is 20.3 Å². The zero-order valence-corrected chi connectivity index (χ0v) is 6.36. The molecule has 0 aliphatic carbocycles. The lowest BCUT2D eigenvalue weighted by Gasteiger charge is -2.22. The first-order chi connectivity index (χ1) is 4.48. The lowest BCUT2D eigenvalue weighted by molar-refractivity contribution is -0.0684. The fraction of sp³-hybridized carbons (Fsp3) is 0.857. The molecule has 0 rings (SSSR count). The summed E-state index contributed by atoms with van der Waals surface area (Å²) in [4.78, 5) is 0. The molecule has 0 aliphatic rings. The molecule has 0 spiro atoms. The molecule has 0 saturated carbocycles. The smallest absolute Gasteiger partial charge is 0.261 e. The number of alkyl halides is 2. The van der Waals surface area contributed by atoms with Crippen molar-refractivity contribution in [3.8, 4) is 0 Å². The highest BCUT2D eigenvalue weighted by Gasteiger charge is 2.17. The van der Waals surface area contributed by atoms with E-state index in [1.807, 2.05) is 0 Å². The molecule has 1 nitrogen and oxygen atoms in total. The molecule has 0 heterocycles. The first kappa shape index (κ1) is 9.82. The van der Waals surface area contributed by atoms with Gasteiger partial charge in [-0.05, 0) is 20.3 Å². The highest BCUT2D eigenvalue weighted by atomic mass is 19.3. The van der Waals surface area contributed by atoms with Crippen molar-refractivity contribution < 1.29 is 13.5 Å². The predicted octanol–water partition coefficient (Wildman–Crippen LogP) is 2.27. The van der Waals surface area contributed by atoms with Crippen molar-refractivity contribution in [1.82, 2.24) is 0 Å². The number of halogens is 2. The third-order valence-electron chi connectivity index (χ3n) is 1.20. The van der Waals surface area contributed by atoms with E-state index in [2.05, 4.69) is 6.92 Å². The van der Waals surface area contributed by atoms with E-state index in [0.29, 0.717) is 6.42 Å². The standard InChI is InChI=1S/C7H13F2O/c1-4-7(2,3)10-5-6(8)9/h6H,1,4-5H2,2-3H3. The molecule has 3 heteroatoms. The fourth-order valence-electron chi connectivity index (χ4n) is 0.361. The molecule has 1 radical (unpaired) electrons. The van der Waals surface area contributed by atoms with Gasteiger partial charge in [-0.3, -0.25) is 0 Å². The second kappa shape index (κ2) is 3.86.